The second-order valence-corrected chi connectivity index (χ2v) is 6.86. The van der Waals surface area contributed by atoms with Crippen LogP contribution in [-0.2, 0) is 11.3 Å². The van der Waals surface area contributed by atoms with Crippen molar-refractivity contribution in [2.75, 3.05) is 5.32 Å². The van der Waals surface area contributed by atoms with E-state index in [0.717, 1.165) is 33.2 Å². The summed E-state index contributed by atoms with van der Waals surface area (Å²) in [6, 6.07) is 21.1. The number of hydrogen-bond acceptors (Lipinski definition) is 4. The lowest BCUT2D eigenvalue weighted by Crippen LogP contribution is -2.29. The zero-order valence-electron chi connectivity index (χ0n) is 16.5. The van der Waals surface area contributed by atoms with Gasteiger partial charge in [0.2, 0.25) is 5.91 Å². The van der Waals surface area contributed by atoms with Crippen LogP contribution in [0.4, 0.5) is 18.9 Å². The van der Waals surface area contributed by atoms with E-state index in [9.17, 15) is 22.8 Å². The van der Waals surface area contributed by atoms with Crippen molar-refractivity contribution >= 4 is 22.4 Å². The Morgan fingerprint density at radius 1 is 0.938 bits per heavy atom. The van der Waals surface area contributed by atoms with Gasteiger partial charge >= 0.3 is 6.36 Å². The summed E-state index contributed by atoms with van der Waals surface area (Å²) in [6.07, 6.45) is -4.80. The molecule has 0 aliphatic rings. The van der Waals surface area contributed by atoms with Gasteiger partial charge in [-0.1, -0.05) is 42.5 Å². The summed E-state index contributed by atoms with van der Waals surface area (Å²) in [6.45, 7) is -0.363. The van der Waals surface area contributed by atoms with Gasteiger partial charge in [0, 0.05) is 17.3 Å². The molecule has 1 N–H and O–H groups in total. The molecule has 1 amide bonds. The summed E-state index contributed by atoms with van der Waals surface area (Å²) in [4.78, 5) is 24.6. The number of nitrogens with one attached hydrogen (secondary N) is 1. The largest absolute Gasteiger partial charge is 0.573 e. The minimum Gasteiger partial charge on any atom is -0.406 e. The molecule has 0 bridgehead atoms. The second-order valence-electron chi connectivity index (χ2n) is 6.86. The highest BCUT2D eigenvalue weighted by Gasteiger charge is 2.30. The van der Waals surface area contributed by atoms with Crippen LogP contribution in [-0.4, -0.2) is 22.1 Å². The summed E-state index contributed by atoms with van der Waals surface area (Å²) in [5.41, 5.74) is 1.14. The average molecular weight is 439 g/mol. The molecule has 6 nitrogen and oxygen atoms in total. The summed E-state index contributed by atoms with van der Waals surface area (Å²) < 4.78 is 41.6. The number of aromatic nitrogens is 2. The van der Waals surface area contributed by atoms with Crippen LogP contribution >= 0.6 is 0 Å². The molecule has 0 unspecified atom stereocenters. The van der Waals surface area contributed by atoms with E-state index in [1.807, 2.05) is 42.5 Å². The number of fused-ring (bicyclic) bond motifs is 1. The Hall–Kier alpha value is -4.14. The first-order valence-corrected chi connectivity index (χ1v) is 9.50. The number of amides is 1. The maximum Gasteiger partial charge on any atom is 0.573 e. The number of anilines is 1. The number of alkyl halides is 3. The molecular formula is C23H16F3N3O3. The fourth-order valence-electron chi connectivity index (χ4n) is 3.23. The van der Waals surface area contributed by atoms with E-state index >= 15 is 0 Å². The van der Waals surface area contributed by atoms with E-state index in [1.54, 1.807) is 6.07 Å². The maximum absolute atomic E-state index is 12.4. The Morgan fingerprint density at radius 3 is 2.41 bits per heavy atom. The summed E-state index contributed by atoms with van der Waals surface area (Å²) >= 11 is 0. The van der Waals surface area contributed by atoms with Crippen molar-refractivity contribution in [1.82, 2.24) is 9.78 Å². The monoisotopic (exact) mass is 439 g/mol. The van der Waals surface area contributed by atoms with Crippen molar-refractivity contribution < 1.29 is 22.7 Å². The average Bonchev–Trinajstić information content (AvgIpc) is 2.75. The number of nitrogens with zero attached hydrogens (tertiary/aromatic N) is 2. The quantitative estimate of drug-likeness (QED) is 0.493. The fraction of sp³-hybridized carbons (Fsp3) is 0.0870. The molecular weight excluding hydrogens is 423 g/mol. The van der Waals surface area contributed by atoms with Gasteiger partial charge in [-0.25, -0.2) is 4.68 Å². The summed E-state index contributed by atoms with van der Waals surface area (Å²) in [5.74, 6) is -0.963. The molecule has 1 heterocycles. The molecule has 0 radical (unpaired) electrons. The molecule has 4 aromatic rings. The number of benzene rings is 3. The Balaban J connectivity index is 1.52. The third-order valence-electron chi connectivity index (χ3n) is 4.60. The van der Waals surface area contributed by atoms with Crippen LogP contribution in [0.1, 0.15) is 0 Å². The van der Waals surface area contributed by atoms with E-state index in [4.69, 9.17) is 0 Å². The van der Waals surface area contributed by atoms with E-state index < -0.39 is 23.6 Å². The van der Waals surface area contributed by atoms with Gasteiger partial charge in [-0.2, -0.15) is 5.10 Å². The molecule has 4 rings (SSSR count). The standard InChI is InChI=1S/C23H16F3N3O3/c24-23(25,26)32-17-10-8-16(9-11-17)27-21(30)14-29-22(31)13-12-20(28-29)19-7-3-5-15-4-1-2-6-18(15)19/h1-13H,14H2,(H,27,30). The Labute approximate surface area is 179 Å². The van der Waals surface area contributed by atoms with E-state index in [2.05, 4.69) is 15.2 Å². The first-order chi connectivity index (χ1) is 15.3. The predicted molar refractivity (Wildman–Crippen MR) is 113 cm³/mol. The number of halogens is 3. The third-order valence-corrected chi connectivity index (χ3v) is 4.60. The van der Waals surface area contributed by atoms with Gasteiger partial charge in [0.1, 0.15) is 12.3 Å². The number of carbonyl (C=O) groups excluding carboxylic acids is 1. The zero-order valence-corrected chi connectivity index (χ0v) is 16.5. The molecule has 0 atom stereocenters. The fourth-order valence-corrected chi connectivity index (χ4v) is 3.23. The normalized spacial score (nSPS) is 11.3. The Kier molecular flexibility index (Phi) is 5.63. The lowest BCUT2D eigenvalue weighted by molar-refractivity contribution is -0.274. The lowest BCUT2D eigenvalue weighted by Gasteiger charge is -2.11. The second kappa shape index (κ2) is 8.54. The Morgan fingerprint density at radius 2 is 1.66 bits per heavy atom. The highest BCUT2D eigenvalue weighted by atomic mass is 19.4. The highest BCUT2D eigenvalue weighted by Crippen LogP contribution is 2.26. The van der Waals surface area contributed by atoms with Crippen molar-refractivity contribution in [3.05, 3.63) is 89.2 Å². The van der Waals surface area contributed by atoms with Crippen LogP contribution in [0.25, 0.3) is 22.0 Å². The van der Waals surface area contributed by atoms with Gasteiger partial charge in [-0.15, -0.1) is 13.2 Å². The van der Waals surface area contributed by atoms with Crippen molar-refractivity contribution in [3.63, 3.8) is 0 Å². The van der Waals surface area contributed by atoms with Crippen LogP contribution in [0.5, 0.6) is 5.75 Å². The van der Waals surface area contributed by atoms with Gasteiger partial charge in [-0.3, -0.25) is 9.59 Å². The molecule has 3 aromatic carbocycles. The van der Waals surface area contributed by atoms with Gasteiger partial charge in [0.25, 0.3) is 5.56 Å². The lowest BCUT2D eigenvalue weighted by atomic mass is 10.0. The van der Waals surface area contributed by atoms with Crippen molar-refractivity contribution in [1.29, 1.82) is 0 Å². The van der Waals surface area contributed by atoms with Crippen molar-refractivity contribution in [2.24, 2.45) is 0 Å². The van der Waals surface area contributed by atoms with E-state index in [0.29, 0.717) is 5.69 Å². The Bertz CT molecular complexity index is 1330. The topological polar surface area (TPSA) is 73.2 Å². The van der Waals surface area contributed by atoms with Crippen LogP contribution in [0.15, 0.2) is 83.7 Å². The summed E-state index contributed by atoms with van der Waals surface area (Å²) in [5, 5.41) is 8.82. The highest BCUT2D eigenvalue weighted by molar-refractivity contribution is 5.95. The maximum atomic E-state index is 12.4. The minimum atomic E-state index is -4.80. The first kappa shape index (κ1) is 21.1. The van der Waals surface area contributed by atoms with Gasteiger partial charge in [0.05, 0.1) is 5.69 Å². The van der Waals surface area contributed by atoms with Crippen LogP contribution in [0.3, 0.4) is 0 Å². The van der Waals surface area contributed by atoms with E-state index in [1.165, 1.54) is 18.2 Å². The van der Waals surface area contributed by atoms with Crippen LogP contribution in [0.2, 0.25) is 0 Å². The van der Waals surface area contributed by atoms with Crippen LogP contribution in [0, 0.1) is 0 Å². The molecule has 0 saturated carbocycles. The molecule has 0 fully saturated rings. The van der Waals surface area contributed by atoms with Crippen molar-refractivity contribution in [2.45, 2.75) is 12.9 Å². The first-order valence-electron chi connectivity index (χ1n) is 9.50. The number of carbonyl (C=O) groups is 1. The number of rotatable bonds is 5. The minimum absolute atomic E-state index is 0.253. The summed E-state index contributed by atoms with van der Waals surface area (Å²) in [7, 11) is 0. The smallest absolute Gasteiger partial charge is 0.406 e. The third kappa shape index (κ3) is 4.94. The molecule has 0 aliphatic heterocycles. The van der Waals surface area contributed by atoms with Crippen molar-refractivity contribution in [3.8, 4) is 17.0 Å². The molecule has 9 heteroatoms. The van der Waals surface area contributed by atoms with Gasteiger partial charge < -0.3 is 10.1 Å². The predicted octanol–water partition coefficient (Wildman–Crippen LogP) is 4.60. The molecule has 162 valence electrons. The molecule has 0 spiro atoms. The van der Waals surface area contributed by atoms with Crippen LogP contribution < -0.4 is 15.6 Å². The van der Waals surface area contributed by atoms with Gasteiger partial charge in [-0.05, 0) is 41.1 Å². The zero-order chi connectivity index (χ0) is 22.7. The molecule has 32 heavy (non-hydrogen) atoms. The number of hydrogen-bond donors (Lipinski definition) is 1. The molecule has 0 aliphatic carbocycles. The number of ether oxygens (including phenoxy) is 1. The van der Waals surface area contributed by atoms with Gasteiger partial charge in [0.15, 0.2) is 0 Å². The SMILES string of the molecule is O=C(Cn1nc(-c2cccc3ccccc23)ccc1=O)Nc1ccc(OC(F)(F)F)cc1. The molecule has 1 aromatic heterocycles. The van der Waals surface area contributed by atoms with E-state index in [-0.39, 0.29) is 12.2 Å². The molecule has 0 saturated heterocycles.